The van der Waals surface area contributed by atoms with Crippen molar-refractivity contribution in [3.05, 3.63) is 41.9 Å². The molecule has 0 radical (unpaired) electrons. The predicted octanol–water partition coefficient (Wildman–Crippen LogP) is 3.40. The molecule has 19 heavy (non-hydrogen) atoms. The van der Waals surface area contributed by atoms with Crippen LogP contribution in [0.15, 0.2) is 46.8 Å². The Hall–Kier alpha value is -0.400. The molecule has 0 aromatic heterocycles. The van der Waals surface area contributed by atoms with E-state index in [1.807, 2.05) is 24.3 Å². The lowest BCUT2D eigenvalue weighted by Crippen LogP contribution is -2.38. The van der Waals surface area contributed by atoms with E-state index >= 15 is 0 Å². The van der Waals surface area contributed by atoms with Gasteiger partial charge in [0.25, 0.3) is 0 Å². The summed E-state index contributed by atoms with van der Waals surface area (Å²) in [6, 6.07) is 7.86. The van der Waals surface area contributed by atoms with E-state index in [9.17, 15) is 0 Å². The molecule has 0 saturated heterocycles. The maximum atomic E-state index is 5.83. The second kappa shape index (κ2) is 11.4. The van der Waals surface area contributed by atoms with Crippen molar-refractivity contribution >= 4 is 53.3 Å². The minimum absolute atomic E-state index is 0. The van der Waals surface area contributed by atoms with Crippen molar-refractivity contribution in [2.75, 3.05) is 25.9 Å². The SMILES string of the molecule is C=CCNC(=NC)NCCSc1ccc(Cl)cc1.I. The van der Waals surface area contributed by atoms with Crippen LogP contribution in [-0.4, -0.2) is 31.8 Å². The summed E-state index contributed by atoms with van der Waals surface area (Å²) in [7, 11) is 1.75. The number of nitrogens with zero attached hydrogens (tertiary/aromatic N) is 1. The van der Waals surface area contributed by atoms with Crippen molar-refractivity contribution in [1.29, 1.82) is 0 Å². The van der Waals surface area contributed by atoms with Gasteiger partial charge in [0.2, 0.25) is 0 Å². The van der Waals surface area contributed by atoms with Crippen molar-refractivity contribution in [3.63, 3.8) is 0 Å². The van der Waals surface area contributed by atoms with Gasteiger partial charge in [0.1, 0.15) is 0 Å². The normalized spacial score (nSPS) is 10.5. The minimum Gasteiger partial charge on any atom is -0.356 e. The van der Waals surface area contributed by atoms with Crippen LogP contribution in [0, 0.1) is 0 Å². The number of nitrogens with one attached hydrogen (secondary N) is 2. The molecule has 0 aliphatic heterocycles. The summed E-state index contributed by atoms with van der Waals surface area (Å²) in [6.07, 6.45) is 1.80. The second-order valence-electron chi connectivity index (χ2n) is 3.47. The van der Waals surface area contributed by atoms with Crippen LogP contribution < -0.4 is 10.6 Å². The third-order valence-electron chi connectivity index (χ3n) is 2.11. The molecule has 0 bridgehead atoms. The molecule has 0 spiro atoms. The van der Waals surface area contributed by atoms with Crippen LogP contribution in [0.4, 0.5) is 0 Å². The zero-order chi connectivity index (χ0) is 13.2. The molecule has 0 aliphatic rings. The van der Waals surface area contributed by atoms with Gasteiger partial charge in [-0.15, -0.1) is 42.3 Å². The number of halogens is 2. The van der Waals surface area contributed by atoms with Crippen molar-refractivity contribution in [2.24, 2.45) is 4.99 Å². The summed E-state index contributed by atoms with van der Waals surface area (Å²) in [5, 5.41) is 7.12. The Labute approximate surface area is 141 Å². The largest absolute Gasteiger partial charge is 0.356 e. The van der Waals surface area contributed by atoms with Crippen LogP contribution >= 0.6 is 47.3 Å². The van der Waals surface area contributed by atoms with E-state index < -0.39 is 0 Å². The average molecular weight is 412 g/mol. The summed E-state index contributed by atoms with van der Waals surface area (Å²) in [4.78, 5) is 5.32. The quantitative estimate of drug-likeness (QED) is 0.188. The third kappa shape index (κ3) is 8.39. The molecule has 0 saturated carbocycles. The van der Waals surface area contributed by atoms with Crippen LogP contribution in [0.5, 0.6) is 0 Å². The van der Waals surface area contributed by atoms with E-state index in [1.165, 1.54) is 4.90 Å². The molecule has 1 aromatic rings. The molecular formula is C13H19ClIN3S. The molecule has 3 nitrogen and oxygen atoms in total. The predicted molar refractivity (Wildman–Crippen MR) is 97.2 cm³/mol. The van der Waals surface area contributed by atoms with E-state index in [1.54, 1.807) is 24.9 Å². The highest BCUT2D eigenvalue weighted by Crippen LogP contribution is 2.19. The lowest BCUT2D eigenvalue weighted by Gasteiger charge is -2.10. The molecule has 0 unspecified atom stereocenters. The molecule has 6 heteroatoms. The second-order valence-corrected chi connectivity index (χ2v) is 5.08. The molecule has 106 valence electrons. The van der Waals surface area contributed by atoms with Gasteiger partial charge in [0, 0.05) is 35.8 Å². The van der Waals surface area contributed by atoms with Crippen LogP contribution in [0.3, 0.4) is 0 Å². The summed E-state index contributed by atoms with van der Waals surface area (Å²) >= 11 is 7.61. The Morgan fingerprint density at radius 3 is 2.63 bits per heavy atom. The fraction of sp³-hybridized carbons (Fsp3) is 0.308. The summed E-state index contributed by atoms with van der Waals surface area (Å²) in [6.45, 7) is 5.21. The van der Waals surface area contributed by atoms with E-state index in [4.69, 9.17) is 11.6 Å². The highest BCUT2D eigenvalue weighted by atomic mass is 127. The highest BCUT2D eigenvalue weighted by Gasteiger charge is 1.96. The molecule has 1 aromatic carbocycles. The number of hydrogen-bond acceptors (Lipinski definition) is 2. The van der Waals surface area contributed by atoms with E-state index in [-0.39, 0.29) is 24.0 Å². The summed E-state index contributed by atoms with van der Waals surface area (Å²) < 4.78 is 0. The zero-order valence-electron chi connectivity index (χ0n) is 10.9. The van der Waals surface area contributed by atoms with E-state index in [2.05, 4.69) is 22.2 Å². The third-order valence-corrected chi connectivity index (χ3v) is 3.38. The maximum Gasteiger partial charge on any atom is 0.191 e. The topological polar surface area (TPSA) is 36.4 Å². The minimum atomic E-state index is 0. The van der Waals surface area contributed by atoms with Gasteiger partial charge in [-0.2, -0.15) is 0 Å². The van der Waals surface area contributed by atoms with Crippen LogP contribution in [0.2, 0.25) is 5.02 Å². The van der Waals surface area contributed by atoms with Gasteiger partial charge in [0.15, 0.2) is 5.96 Å². The van der Waals surface area contributed by atoms with Gasteiger partial charge in [-0.1, -0.05) is 17.7 Å². The first-order valence-electron chi connectivity index (χ1n) is 5.70. The number of thioether (sulfide) groups is 1. The Morgan fingerprint density at radius 1 is 1.37 bits per heavy atom. The average Bonchev–Trinajstić information content (AvgIpc) is 2.40. The summed E-state index contributed by atoms with van der Waals surface area (Å²) in [5.74, 6) is 1.77. The molecule has 1 rings (SSSR count). The van der Waals surface area contributed by atoms with Gasteiger partial charge in [-0.3, -0.25) is 4.99 Å². The number of aliphatic imine (C=N–C) groups is 1. The Kier molecular flexibility index (Phi) is 11.2. The van der Waals surface area contributed by atoms with Crippen molar-refractivity contribution in [3.8, 4) is 0 Å². The molecule has 0 fully saturated rings. The Balaban J connectivity index is 0.00000324. The fourth-order valence-corrected chi connectivity index (χ4v) is 2.15. The summed E-state index contributed by atoms with van der Waals surface area (Å²) in [5.41, 5.74) is 0. The lowest BCUT2D eigenvalue weighted by molar-refractivity contribution is 0.885. The number of hydrogen-bond donors (Lipinski definition) is 2. The van der Waals surface area contributed by atoms with Gasteiger partial charge < -0.3 is 10.6 Å². The fourth-order valence-electron chi connectivity index (χ4n) is 1.26. The van der Waals surface area contributed by atoms with Crippen LogP contribution in [0.1, 0.15) is 0 Å². The van der Waals surface area contributed by atoms with Crippen molar-refractivity contribution in [1.82, 2.24) is 10.6 Å². The Bertz CT molecular complexity index is 395. The molecule has 0 atom stereocenters. The van der Waals surface area contributed by atoms with Gasteiger partial charge in [-0.25, -0.2) is 0 Å². The number of benzene rings is 1. The first kappa shape index (κ1) is 18.6. The lowest BCUT2D eigenvalue weighted by atomic mass is 10.4. The molecular weight excluding hydrogens is 393 g/mol. The number of guanidine groups is 1. The molecule has 0 heterocycles. The first-order chi connectivity index (χ1) is 8.76. The van der Waals surface area contributed by atoms with Crippen molar-refractivity contribution < 1.29 is 0 Å². The first-order valence-corrected chi connectivity index (χ1v) is 7.06. The van der Waals surface area contributed by atoms with E-state index in [0.29, 0.717) is 6.54 Å². The zero-order valence-corrected chi connectivity index (χ0v) is 14.8. The smallest absolute Gasteiger partial charge is 0.191 e. The Morgan fingerprint density at radius 2 is 2.05 bits per heavy atom. The van der Waals surface area contributed by atoms with Gasteiger partial charge in [0.05, 0.1) is 0 Å². The van der Waals surface area contributed by atoms with Gasteiger partial charge >= 0.3 is 0 Å². The van der Waals surface area contributed by atoms with Crippen molar-refractivity contribution in [2.45, 2.75) is 4.90 Å². The molecule has 0 aliphatic carbocycles. The molecule has 0 amide bonds. The van der Waals surface area contributed by atoms with Crippen LogP contribution in [0.25, 0.3) is 0 Å². The standard InChI is InChI=1S/C13H18ClN3S.HI/c1-3-8-16-13(15-2)17-9-10-18-12-6-4-11(14)5-7-12;/h3-7H,1,8-10H2,2H3,(H2,15,16,17);1H. The van der Waals surface area contributed by atoms with Gasteiger partial charge in [-0.05, 0) is 24.3 Å². The van der Waals surface area contributed by atoms with Crippen LogP contribution in [-0.2, 0) is 0 Å². The number of rotatable bonds is 6. The highest BCUT2D eigenvalue weighted by molar-refractivity contribution is 14.0. The van der Waals surface area contributed by atoms with E-state index in [0.717, 1.165) is 23.3 Å². The monoisotopic (exact) mass is 411 g/mol. The maximum absolute atomic E-state index is 5.83. The molecule has 2 N–H and O–H groups in total.